The number of hydrogen-bond donors (Lipinski definition) is 1. The molecule has 1 unspecified atom stereocenters. The van der Waals surface area contributed by atoms with E-state index >= 15 is 0 Å². The smallest absolute Gasteiger partial charge is 0.744 e. The van der Waals surface area contributed by atoms with Crippen molar-refractivity contribution in [2.45, 2.75) is 104 Å². The van der Waals surface area contributed by atoms with Gasteiger partial charge in [-0.2, -0.15) is 0 Å². The average molecular weight is 1020 g/mol. The third-order valence-corrected chi connectivity index (χ3v) is 12.0. The molecule has 0 aromatic heterocycles. The van der Waals surface area contributed by atoms with Crippen LogP contribution in [0.1, 0.15) is 84.0 Å². The zero-order chi connectivity index (χ0) is 45.1. The number of carbonyl (C=O) groups is 3. The van der Waals surface area contributed by atoms with Gasteiger partial charge < -0.3 is 47.8 Å². The summed E-state index contributed by atoms with van der Waals surface area (Å²) in [5.41, 5.74) is 5.76. The molecule has 0 bridgehead atoms. The van der Waals surface area contributed by atoms with Gasteiger partial charge in [-0.3, -0.25) is 0 Å². The van der Waals surface area contributed by atoms with E-state index in [1.54, 1.807) is 0 Å². The van der Waals surface area contributed by atoms with Crippen LogP contribution in [0.4, 0.5) is 14.4 Å². The minimum absolute atomic E-state index is 0. The molecule has 2 N–H and O–H groups in total. The van der Waals surface area contributed by atoms with E-state index in [0.717, 1.165) is 118 Å². The van der Waals surface area contributed by atoms with Gasteiger partial charge in [-0.15, -0.1) is 12.4 Å². The fourth-order valence-corrected chi connectivity index (χ4v) is 7.52. The van der Waals surface area contributed by atoms with Gasteiger partial charge in [-0.25, -0.2) is 39.6 Å². The molecular formula is C39H49ClNNa3O18S3. The maximum absolute atomic E-state index is 12.6. The minimum atomic E-state index is -4.74. The second-order valence-corrected chi connectivity index (χ2v) is 18.0. The number of nitrogens with two attached hydrogens (primary N) is 1. The molecule has 1 atom stereocenters. The molecule has 19 nitrogen and oxygen atoms in total. The van der Waals surface area contributed by atoms with E-state index < -0.39 is 75.0 Å². The van der Waals surface area contributed by atoms with Crippen molar-refractivity contribution in [2.75, 3.05) is 19.8 Å². The van der Waals surface area contributed by atoms with Crippen molar-refractivity contribution < 1.29 is 170 Å². The normalized spacial score (nSPS) is 11.8. The number of halogens is 1. The van der Waals surface area contributed by atoms with Crippen molar-refractivity contribution in [3.63, 3.8) is 0 Å². The van der Waals surface area contributed by atoms with Gasteiger partial charge >= 0.3 is 107 Å². The molecule has 3 aromatic rings. The van der Waals surface area contributed by atoms with E-state index in [1.807, 2.05) is 0 Å². The summed E-state index contributed by atoms with van der Waals surface area (Å²) >= 11 is 0. The third-order valence-electron chi connectivity index (χ3n) is 9.42. The van der Waals surface area contributed by atoms with E-state index in [-0.39, 0.29) is 157 Å². The van der Waals surface area contributed by atoms with Crippen LogP contribution in [0.5, 0.6) is 17.2 Å². The van der Waals surface area contributed by atoms with E-state index in [1.165, 1.54) is 0 Å². The summed E-state index contributed by atoms with van der Waals surface area (Å²) in [6.07, 6.45) is 5.09. The Morgan fingerprint density at radius 3 is 1.11 bits per heavy atom. The van der Waals surface area contributed by atoms with Crippen LogP contribution in [0.25, 0.3) is 0 Å². The Hall–Kier alpha value is -1.55. The molecule has 0 aliphatic carbocycles. The molecule has 0 heterocycles. The maximum atomic E-state index is 12.6. The molecule has 3 rings (SSSR count). The summed E-state index contributed by atoms with van der Waals surface area (Å²) < 4.78 is 132. The number of carbonyl (C=O) groups excluding carboxylic acids is 3. The molecule has 0 aliphatic heterocycles. The molecule has 0 spiro atoms. The van der Waals surface area contributed by atoms with Gasteiger partial charge in [0.05, 0.1) is 34.5 Å². The van der Waals surface area contributed by atoms with Crippen LogP contribution < -0.4 is 109 Å². The van der Waals surface area contributed by atoms with Crippen LogP contribution in [0.3, 0.4) is 0 Å². The molecule has 65 heavy (non-hydrogen) atoms. The average Bonchev–Trinajstić information content (AvgIpc) is 3.17. The summed E-state index contributed by atoms with van der Waals surface area (Å²) in [4.78, 5) is 36.2. The summed E-state index contributed by atoms with van der Waals surface area (Å²) in [5.74, 6) is -0.789. The monoisotopic (exact) mass is 1020 g/mol. The van der Waals surface area contributed by atoms with Crippen LogP contribution in [0.15, 0.2) is 87.5 Å². The van der Waals surface area contributed by atoms with Crippen LogP contribution >= 0.6 is 12.4 Å². The SMILES string of the molecule is CCCCCCCCCCC(CCOC(=O)Oc1ccc(S(=O)(=O)[O-])cc1)C(N)(CCOC(=O)Oc1ccc(S(=O)(=O)[O-])cc1)CCOC(=O)Oc1ccc(S(=O)(=O)[O-])cc1.Cl.[Na+].[Na+].[Na+]. The van der Waals surface area contributed by atoms with Gasteiger partial charge in [0.2, 0.25) is 0 Å². The first-order chi connectivity index (χ1) is 28.7. The zero-order valence-electron chi connectivity index (χ0n) is 36.7. The van der Waals surface area contributed by atoms with Crippen LogP contribution in [0, 0.1) is 5.92 Å². The first-order valence-corrected chi connectivity index (χ1v) is 23.4. The molecule has 0 fully saturated rings. The summed E-state index contributed by atoms with van der Waals surface area (Å²) in [7, 11) is -14.2. The summed E-state index contributed by atoms with van der Waals surface area (Å²) in [6.45, 7) is 1.26. The van der Waals surface area contributed by atoms with E-state index in [2.05, 4.69) is 6.92 Å². The molecule has 0 aliphatic rings. The van der Waals surface area contributed by atoms with Crippen molar-refractivity contribution in [2.24, 2.45) is 11.7 Å². The molecule has 26 heteroatoms. The Kier molecular flexibility index (Phi) is 32.6. The fraction of sp³-hybridized carbons (Fsp3) is 0.462. The number of rotatable bonds is 25. The van der Waals surface area contributed by atoms with Crippen LogP contribution in [0.2, 0.25) is 0 Å². The number of ether oxygens (including phenoxy) is 6. The molecule has 0 saturated carbocycles. The molecular weight excluding hydrogens is 971 g/mol. The molecule has 0 amide bonds. The molecule has 0 radical (unpaired) electrons. The quantitative estimate of drug-likeness (QED) is 0.0235. The van der Waals surface area contributed by atoms with E-state index in [9.17, 15) is 53.3 Å². The summed E-state index contributed by atoms with van der Waals surface area (Å²) in [6, 6.07) is 12.3. The van der Waals surface area contributed by atoms with Crippen molar-refractivity contribution >= 4 is 61.2 Å². The van der Waals surface area contributed by atoms with Gasteiger partial charge in [0.1, 0.15) is 47.6 Å². The van der Waals surface area contributed by atoms with E-state index in [4.69, 9.17) is 34.2 Å². The first-order valence-electron chi connectivity index (χ1n) is 19.2. The number of hydrogen-bond acceptors (Lipinski definition) is 19. The van der Waals surface area contributed by atoms with Gasteiger partial charge in [0, 0.05) is 18.4 Å². The Morgan fingerprint density at radius 2 is 0.800 bits per heavy atom. The fourth-order valence-electron chi connectivity index (χ4n) is 6.11. The standard InChI is InChI=1S/C39H51NO18S3.ClH.3Na/c1-2-3-4-5-6-7-8-9-10-29(23-26-53-36(41)56-30-11-17-33(18-12-30)59(44,45)46)39(40,24-27-54-37(42)57-31-13-19-34(20-14-31)60(47,48)49)25-28-55-38(43)58-32-15-21-35(22-16-32)61(50,51)52;;;;/h11-22,29H,2-10,23-28,40H2,1H3,(H,44,45,46)(H,47,48,49)(H,50,51,52);1H;;;/q;;3*+1/p-3. The van der Waals surface area contributed by atoms with Gasteiger partial charge in [-0.05, 0) is 91.6 Å². The second kappa shape index (κ2) is 32.3. The predicted octanol–water partition coefficient (Wildman–Crippen LogP) is -2.21. The van der Waals surface area contributed by atoms with Crippen molar-refractivity contribution in [3.05, 3.63) is 72.8 Å². The predicted molar refractivity (Wildman–Crippen MR) is 218 cm³/mol. The largest absolute Gasteiger partial charge is 1.00 e. The summed E-state index contributed by atoms with van der Waals surface area (Å²) in [5, 5.41) is 0. The maximum Gasteiger partial charge on any atom is 1.00 e. The van der Waals surface area contributed by atoms with E-state index in [0.29, 0.717) is 12.8 Å². The Labute approximate surface area is 452 Å². The molecule has 0 saturated heterocycles. The molecule has 3 aromatic carbocycles. The number of unbranched alkanes of at least 4 members (excludes halogenated alkanes) is 7. The molecule has 346 valence electrons. The first kappa shape index (κ1) is 65.5. The number of benzene rings is 3. The Bertz CT molecular complexity index is 2130. The third kappa shape index (κ3) is 25.6. The van der Waals surface area contributed by atoms with Gasteiger partial charge in [-0.1, -0.05) is 58.3 Å². The van der Waals surface area contributed by atoms with Crippen molar-refractivity contribution in [1.82, 2.24) is 0 Å². The second-order valence-electron chi connectivity index (χ2n) is 13.9. The van der Waals surface area contributed by atoms with Crippen LogP contribution in [-0.2, 0) is 44.6 Å². The Balaban J connectivity index is 0. The van der Waals surface area contributed by atoms with Crippen molar-refractivity contribution in [1.29, 1.82) is 0 Å². The minimum Gasteiger partial charge on any atom is -0.744 e. The van der Waals surface area contributed by atoms with Crippen LogP contribution in [-0.4, -0.2) is 82.7 Å². The Morgan fingerprint density at radius 1 is 0.508 bits per heavy atom. The van der Waals surface area contributed by atoms with Gasteiger partial charge in [0.25, 0.3) is 0 Å². The van der Waals surface area contributed by atoms with Crippen molar-refractivity contribution in [3.8, 4) is 17.2 Å². The van der Waals surface area contributed by atoms with Gasteiger partial charge in [0.15, 0.2) is 0 Å². The topological polar surface area (TPSA) is 304 Å². The zero-order valence-corrected chi connectivity index (χ0v) is 45.9.